The summed E-state index contributed by atoms with van der Waals surface area (Å²) in [7, 11) is 3.69. The number of carbonyl (C=O) groups excluding carboxylic acids is 2. The quantitative estimate of drug-likeness (QED) is 0.747. The lowest BCUT2D eigenvalue weighted by molar-refractivity contribution is 0.0668. The fourth-order valence-corrected chi connectivity index (χ4v) is 4.42. The number of rotatable bonds is 5. The second-order valence-corrected chi connectivity index (χ2v) is 8.32. The highest BCUT2D eigenvalue weighted by atomic mass is 32.1. The van der Waals surface area contributed by atoms with E-state index < -0.39 is 0 Å². The molecule has 29 heavy (non-hydrogen) atoms. The number of aromatic nitrogens is 1. The van der Waals surface area contributed by atoms with Gasteiger partial charge in [0.2, 0.25) is 0 Å². The van der Waals surface area contributed by atoms with Crippen molar-refractivity contribution in [1.82, 2.24) is 19.7 Å². The molecule has 9 heteroatoms. The van der Waals surface area contributed by atoms with Crippen LogP contribution in [-0.2, 0) is 6.54 Å². The third-order valence-corrected chi connectivity index (χ3v) is 6.36. The molecule has 0 atom stereocenters. The van der Waals surface area contributed by atoms with Crippen LogP contribution in [0.5, 0.6) is 5.75 Å². The van der Waals surface area contributed by atoms with Gasteiger partial charge in [0, 0.05) is 45.8 Å². The maximum Gasteiger partial charge on any atom is 0.326 e. The van der Waals surface area contributed by atoms with Gasteiger partial charge in [0.15, 0.2) is 5.13 Å². The standard InChI is InChI=1S/C20H25N5O3S/c1-22-7-9-23(10-8-22)18(26)17-13-21-19(29-17)25-12-11-24(20(25)27)14-15-3-5-16(28-2)6-4-15/h3-6,13H,7-12,14H2,1-2H3. The van der Waals surface area contributed by atoms with Crippen LogP contribution in [-0.4, -0.2) is 85.0 Å². The van der Waals surface area contributed by atoms with Crippen molar-refractivity contribution < 1.29 is 14.3 Å². The number of benzene rings is 1. The fourth-order valence-electron chi connectivity index (χ4n) is 3.51. The number of piperazine rings is 1. The first-order valence-electron chi connectivity index (χ1n) is 9.68. The molecular weight excluding hydrogens is 390 g/mol. The Balaban J connectivity index is 1.39. The Kier molecular flexibility index (Phi) is 5.68. The molecule has 0 radical (unpaired) electrons. The predicted octanol–water partition coefficient (Wildman–Crippen LogP) is 1.98. The SMILES string of the molecule is COc1ccc(CN2CCN(c3ncc(C(=O)N4CCN(C)CC4)s3)C2=O)cc1. The van der Waals surface area contributed by atoms with Crippen LogP contribution in [0.1, 0.15) is 15.2 Å². The van der Waals surface area contributed by atoms with Gasteiger partial charge in [-0.25, -0.2) is 9.78 Å². The lowest BCUT2D eigenvalue weighted by Gasteiger charge is -2.32. The summed E-state index contributed by atoms with van der Waals surface area (Å²) in [5, 5.41) is 0.588. The van der Waals surface area contributed by atoms with Crippen LogP contribution in [0.2, 0.25) is 0 Å². The fraction of sp³-hybridized carbons (Fsp3) is 0.450. The third kappa shape index (κ3) is 4.20. The van der Waals surface area contributed by atoms with E-state index in [1.54, 1.807) is 23.1 Å². The van der Waals surface area contributed by atoms with E-state index in [1.165, 1.54) is 11.3 Å². The Morgan fingerprint density at radius 3 is 2.52 bits per heavy atom. The summed E-state index contributed by atoms with van der Waals surface area (Å²) < 4.78 is 5.18. The van der Waals surface area contributed by atoms with Gasteiger partial charge in [-0.2, -0.15) is 0 Å². The Labute approximate surface area is 174 Å². The molecule has 154 valence electrons. The molecule has 0 bridgehead atoms. The van der Waals surface area contributed by atoms with Crippen LogP contribution in [0.15, 0.2) is 30.5 Å². The molecular formula is C20H25N5O3S. The van der Waals surface area contributed by atoms with Crippen molar-refractivity contribution in [3.05, 3.63) is 40.9 Å². The van der Waals surface area contributed by atoms with Crippen molar-refractivity contribution in [3.8, 4) is 5.75 Å². The highest BCUT2D eigenvalue weighted by Crippen LogP contribution is 2.28. The molecule has 2 aromatic rings. The van der Waals surface area contributed by atoms with E-state index in [-0.39, 0.29) is 11.9 Å². The van der Waals surface area contributed by atoms with Gasteiger partial charge in [0.1, 0.15) is 10.6 Å². The number of urea groups is 1. The van der Waals surface area contributed by atoms with Crippen LogP contribution in [0, 0.1) is 0 Å². The molecule has 0 N–H and O–H groups in total. The van der Waals surface area contributed by atoms with Gasteiger partial charge in [0.25, 0.3) is 5.91 Å². The second-order valence-electron chi connectivity index (χ2n) is 7.31. The number of likely N-dealkylation sites (N-methyl/N-ethyl adjacent to an activating group) is 1. The lowest BCUT2D eigenvalue weighted by Crippen LogP contribution is -2.46. The van der Waals surface area contributed by atoms with Crippen molar-refractivity contribution in [2.24, 2.45) is 0 Å². The molecule has 1 aromatic heterocycles. The molecule has 2 aliphatic heterocycles. The third-order valence-electron chi connectivity index (χ3n) is 5.35. The summed E-state index contributed by atoms with van der Waals surface area (Å²) in [6, 6.07) is 7.64. The van der Waals surface area contributed by atoms with Crippen molar-refractivity contribution in [1.29, 1.82) is 0 Å². The Morgan fingerprint density at radius 2 is 1.83 bits per heavy atom. The number of amides is 3. The van der Waals surface area contributed by atoms with Crippen molar-refractivity contribution in [2.75, 3.05) is 58.3 Å². The zero-order valence-electron chi connectivity index (χ0n) is 16.7. The summed E-state index contributed by atoms with van der Waals surface area (Å²) >= 11 is 1.30. The van der Waals surface area contributed by atoms with Crippen LogP contribution in [0.3, 0.4) is 0 Å². The number of anilines is 1. The summed E-state index contributed by atoms with van der Waals surface area (Å²) in [6.45, 7) is 4.95. The van der Waals surface area contributed by atoms with E-state index in [4.69, 9.17) is 4.74 Å². The van der Waals surface area contributed by atoms with E-state index in [1.807, 2.05) is 29.2 Å². The van der Waals surface area contributed by atoms with Gasteiger partial charge in [-0.15, -0.1) is 0 Å². The molecule has 1 aromatic carbocycles. The van der Waals surface area contributed by atoms with Crippen molar-refractivity contribution in [2.45, 2.75) is 6.54 Å². The molecule has 2 fully saturated rings. The number of hydrogen-bond donors (Lipinski definition) is 0. The molecule has 0 spiro atoms. The van der Waals surface area contributed by atoms with Gasteiger partial charge in [0.05, 0.1) is 13.3 Å². The van der Waals surface area contributed by atoms with Crippen molar-refractivity contribution >= 4 is 28.4 Å². The zero-order valence-corrected chi connectivity index (χ0v) is 17.5. The summed E-state index contributed by atoms with van der Waals surface area (Å²) in [6.07, 6.45) is 1.60. The lowest BCUT2D eigenvalue weighted by atomic mass is 10.2. The summed E-state index contributed by atoms with van der Waals surface area (Å²) in [5.74, 6) is 0.798. The monoisotopic (exact) mass is 415 g/mol. The first-order chi connectivity index (χ1) is 14.0. The normalized spacial score (nSPS) is 17.9. The number of ether oxygens (including phenoxy) is 1. The van der Waals surface area contributed by atoms with Crippen LogP contribution in [0.25, 0.3) is 0 Å². The molecule has 3 amide bonds. The molecule has 8 nitrogen and oxygen atoms in total. The Bertz CT molecular complexity index is 876. The molecule has 0 aliphatic carbocycles. The van der Waals surface area contributed by atoms with Gasteiger partial charge in [-0.1, -0.05) is 23.5 Å². The van der Waals surface area contributed by atoms with Gasteiger partial charge >= 0.3 is 6.03 Å². The highest BCUT2D eigenvalue weighted by Gasteiger charge is 2.32. The molecule has 4 rings (SSSR count). The Hall–Kier alpha value is -2.65. The van der Waals surface area contributed by atoms with Gasteiger partial charge < -0.3 is 19.4 Å². The first kappa shape index (κ1) is 19.7. The van der Waals surface area contributed by atoms with E-state index >= 15 is 0 Å². The second kappa shape index (κ2) is 8.38. The number of hydrogen-bond acceptors (Lipinski definition) is 6. The van der Waals surface area contributed by atoms with Crippen molar-refractivity contribution in [3.63, 3.8) is 0 Å². The van der Waals surface area contributed by atoms with E-state index in [2.05, 4.69) is 16.9 Å². The smallest absolute Gasteiger partial charge is 0.326 e. The first-order valence-corrected chi connectivity index (χ1v) is 10.5. The minimum absolute atomic E-state index is 0.00332. The number of carbonyl (C=O) groups is 2. The highest BCUT2D eigenvalue weighted by molar-refractivity contribution is 7.17. The van der Waals surface area contributed by atoms with Gasteiger partial charge in [-0.3, -0.25) is 9.69 Å². The zero-order chi connectivity index (χ0) is 20.4. The summed E-state index contributed by atoms with van der Waals surface area (Å²) in [5.41, 5.74) is 1.05. The molecule has 2 aliphatic rings. The number of methoxy groups -OCH3 is 1. The topological polar surface area (TPSA) is 69.2 Å². The minimum atomic E-state index is -0.0752. The average molecular weight is 416 g/mol. The number of nitrogens with zero attached hydrogens (tertiary/aromatic N) is 5. The van der Waals surface area contributed by atoms with E-state index in [0.29, 0.717) is 29.6 Å². The number of thiazole rings is 1. The Morgan fingerprint density at radius 1 is 1.10 bits per heavy atom. The van der Waals surface area contributed by atoms with Crippen LogP contribution >= 0.6 is 11.3 Å². The van der Waals surface area contributed by atoms with E-state index in [9.17, 15) is 9.59 Å². The van der Waals surface area contributed by atoms with Gasteiger partial charge in [-0.05, 0) is 24.7 Å². The molecule has 3 heterocycles. The van der Waals surface area contributed by atoms with Crippen LogP contribution < -0.4 is 9.64 Å². The van der Waals surface area contributed by atoms with Crippen LogP contribution in [0.4, 0.5) is 9.93 Å². The molecule has 2 saturated heterocycles. The minimum Gasteiger partial charge on any atom is -0.497 e. The maximum atomic E-state index is 12.8. The predicted molar refractivity (Wildman–Crippen MR) is 112 cm³/mol. The summed E-state index contributed by atoms with van der Waals surface area (Å²) in [4.78, 5) is 38.1. The largest absolute Gasteiger partial charge is 0.497 e. The maximum absolute atomic E-state index is 12.8. The molecule has 0 unspecified atom stereocenters. The molecule has 0 saturated carbocycles. The average Bonchev–Trinajstić information content (AvgIpc) is 3.36. The van der Waals surface area contributed by atoms with E-state index in [0.717, 1.165) is 37.5 Å².